The molecule has 1 heterocycles. The van der Waals surface area contributed by atoms with E-state index in [9.17, 15) is 14.0 Å². The second-order valence-corrected chi connectivity index (χ2v) is 8.76. The summed E-state index contributed by atoms with van der Waals surface area (Å²) in [5.41, 5.74) is 0.0381. The van der Waals surface area contributed by atoms with Gasteiger partial charge in [0.15, 0.2) is 11.7 Å². The van der Waals surface area contributed by atoms with Gasteiger partial charge in [-0.15, -0.1) is 0 Å². The molecule has 1 aromatic rings. The highest BCUT2D eigenvalue weighted by Crippen LogP contribution is 2.13. The molecule has 1 aliphatic heterocycles. The van der Waals surface area contributed by atoms with E-state index in [2.05, 4.69) is 10.6 Å². The summed E-state index contributed by atoms with van der Waals surface area (Å²) in [6.07, 6.45) is 0. The van der Waals surface area contributed by atoms with Crippen LogP contribution in [0.4, 0.5) is 10.1 Å². The van der Waals surface area contributed by atoms with Crippen molar-refractivity contribution in [2.24, 2.45) is 0 Å². The number of hydrogen-bond donors (Lipinski definition) is 3. The van der Waals surface area contributed by atoms with Gasteiger partial charge in [-0.05, 0) is 45.1 Å². The molecule has 0 radical (unpaired) electrons. The standard InChI is InChI=1S/C20H30FN5O2S/c1-20(2,3)23-17(27)13-25-9-11-26(12-10-25)18(28)14-24(4)19(29)22-16-8-6-5-7-15(16)21/h5-8H,9-14H2,1-4H3,(H,22,29)(H,23,27)/p+1. The van der Waals surface area contributed by atoms with Crippen molar-refractivity contribution in [1.29, 1.82) is 0 Å². The molecule has 0 atom stereocenters. The number of carbonyl (C=O) groups is 2. The monoisotopic (exact) mass is 424 g/mol. The van der Waals surface area contributed by atoms with E-state index in [1.54, 1.807) is 35.0 Å². The van der Waals surface area contributed by atoms with Gasteiger partial charge in [0.25, 0.3) is 5.91 Å². The van der Waals surface area contributed by atoms with Gasteiger partial charge in [-0.25, -0.2) is 4.39 Å². The zero-order valence-electron chi connectivity index (χ0n) is 17.5. The van der Waals surface area contributed by atoms with Crippen LogP contribution in [0.2, 0.25) is 0 Å². The Kier molecular flexibility index (Phi) is 7.92. The highest BCUT2D eigenvalue weighted by atomic mass is 32.1. The number of hydrogen-bond acceptors (Lipinski definition) is 3. The Morgan fingerprint density at radius 2 is 1.86 bits per heavy atom. The molecule has 29 heavy (non-hydrogen) atoms. The number of benzene rings is 1. The first-order valence-electron chi connectivity index (χ1n) is 9.74. The fraction of sp³-hybridized carbons (Fsp3) is 0.550. The molecule has 160 valence electrons. The summed E-state index contributed by atoms with van der Waals surface area (Å²) < 4.78 is 13.7. The lowest BCUT2D eigenvalue weighted by molar-refractivity contribution is -0.896. The maximum absolute atomic E-state index is 13.7. The average molecular weight is 425 g/mol. The fourth-order valence-electron chi connectivity index (χ4n) is 3.09. The molecule has 0 aliphatic carbocycles. The van der Waals surface area contributed by atoms with Gasteiger partial charge in [0.05, 0.1) is 38.4 Å². The lowest BCUT2D eigenvalue weighted by atomic mass is 10.1. The summed E-state index contributed by atoms with van der Waals surface area (Å²) in [4.78, 5) is 29.2. The lowest BCUT2D eigenvalue weighted by Crippen LogP contribution is -3.16. The van der Waals surface area contributed by atoms with E-state index >= 15 is 0 Å². The van der Waals surface area contributed by atoms with Crippen LogP contribution in [0.15, 0.2) is 24.3 Å². The van der Waals surface area contributed by atoms with Gasteiger partial charge in [0.2, 0.25) is 5.91 Å². The van der Waals surface area contributed by atoms with Crippen molar-refractivity contribution in [2.75, 3.05) is 51.6 Å². The van der Waals surface area contributed by atoms with Crippen LogP contribution >= 0.6 is 12.2 Å². The molecule has 2 amide bonds. The van der Waals surface area contributed by atoms with Crippen LogP contribution in [0.5, 0.6) is 0 Å². The number of amides is 2. The van der Waals surface area contributed by atoms with Gasteiger partial charge in [0.1, 0.15) is 5.82 Å². The van der Waals surface area contributed by atoms with E-state index in [0.29, 0.717) is 19.6 Å². The van der Waals surface area contributed by atoms with E-state index in [4.69, 9.17) is 12.2 Å². The van der Waals surface area contributed by atoms with Crippen molar-refractivity contribution in [3.05, 3.63) is 30.1 Å². The van der Waals surface area contributed by atoms with Crippen LogP contribution in [0.3, 0.4) is 0 Å². The molecular weight excluding hydrogens is 393 g/mol. The van der Waals surface area contributed by atoms with E-state index in [1.807, 2.05) is 20.8 Å². The molecule has 0 aromatic heterocycles. The number of piperazine rings is 1. The number of carbonyl (C=O) groups excluding carboxylic acids is 2. The minimum Gasteiger partial charge on any atom is -0.347 e. The van der Waals surface area contributed by atoms with E-state index in [1.165, 1.54) is 11.0 Å². The smallest absolute Gasteiger partial charge is 0.275 e. The molecule has 2 rings (SSSR count). The summed E-state index contributed by atoms with van der Waals surface area (Å²) >= 11 is 5.28. The molecule has 1 fully saturated rings. The number of nitrogens with zero attached hydrogens (tertiary/aromatic N) is 2. The number of halogens is 1. The lowest BCUT2D eigenvalue weighted by Gasteiger charge is -2.33. The van der Waals surface area contributed by atoms with Crippen LogP contribution in [-0.4, -0.2) is 78.6 Å². The van der Waals surface area contributed by atoms with Crippen molar-refractivity contribution in [2.45, 2.75) is 26.3 Å². The molecule has 0 unspecified atom stereocenters. The number of para-hydroxylation sites is 1. The second kappa shape index (κ2) is 9.98. The highest BCUT2D eigenvalue weighted by Gasteiger charge is 2.27. The molecule has 1 aliphatic rings. The molecule has 1 aromatic carbocycles. The average Bonchev–Trinajstić information content (AvgIpc) is 2.62. The van der Waals surface area contributed by atoms with Gasteiger partial charge >= 0.3 is 0 Å². The summed E-state index contributed by atoms with van der Waals surface area (Å²) in [6, 6.07) is 6.25. The van der Waals surface area contributed by atoms with Crippen LogP contribution < -0.4 is 15.5 Å². The Bertz CT molecular complexity index is 745. The first-order valence-corrected chi connectivity index (χ1v) is 10.1. The SMILES string of the molecule is CN(CC(=O)N1CC[NH+](CC(=O)NC(C)(C)C)CC1)C(=S)Nc1ccccc1F. The van der Waals surface area contributed by atoms with Crippen molar-refractivity contribution < 1.29 is 18.9 Å². The third-order valence-electron chi connectivity index (χ3n) is 4.58. The molecule has 1 saturated heterocycles. The summed E-state index contributed by atoms with van der Waals surface area (Å²) in [6.45, 7) is 9.04. The number of thiocarbonyl (C=S) groups is 1. The van der Waals surface area contributed by atoms with Crippen LogP contribution in [0.1, 0.15) is 20.8 Å². The minimum absolute atomic E-state index is 0.0246. The Morgan fingerprint density at radius 3 is 2.45 bits per heavy atom. The summed E-state index contributed by atoms with van der Waals surface area (Å²) in [7, 11) is 1.70. The van der Waals surface area contributed by atoms with Crippen molar-refractivity contribution >= 4 is 34.8 Å². The molecular formula is C20H31FN5O2S+. The van der Waals surface area contributed by atoms with Gasteiger partial charge in [-0.3, -0.25) is 9.59 Å². The zero-order valence-corrected chi connectivity index (χ0v) is 18.4. The predicted octanol–water partition coefficient (Wildman–Crippen LogP) is 0.0961. The topological polar surface area (TPSA) is 69.1 Å². The Labute approximate surface area is 177 Å². The third kappa shape index (κ3) is 7.58. The zero-order chi connectivity index (χ0) is 21.6. The maximum atomic E-state index is 13.7. The number of anilines is 1. The van der Waals surface area contributed by atoms with Crippen LogP contribution in [0.25, 0.3) is 0 Å². The number of quaternary nitrogens is 1. The second-order valence-electron chi connectivity index (χ2n) is 8.37. The molecule has 3 N–H and O–H groups in total. The normalized spacial score (nSPS) is 15.0. The molecule has 9 heteroatoms. The molecule has 7 nitrogen and oxygen atoms in total. The molecule has 0 spiro atoms. The first kappa shape index (κ1) is 23.0. The molecule has 0 bridgehead atoms. The summed E-state index contributed by atoms with van der Waals surface area (Å²) in [5.74, 6) is -0.413. The predicted molar refractivity (Wildman–Crippen MR) is 115 cm³/mol. The van der Waals surface area contributed by atoms with Gasteiger partial charge < -0.3 is 25.3 Å². The highest BCUT2D eigenvalue weighted by molar-refractivity contribution is 7.80. The number of nitrogens with one attached hydrogen (secondary N) is 3. The van der Waals surface area contributed by atoms with E-state index < -0.39 is 5.82 Å². The van der Waals surface area contributed by atoms with Gasteiger partial charge in [0, 0.05) is 12.6 Å². The first-order chi connectivity index (χ1) is 13.5. The number of likely N-dealkylation sites (N-methyl/N-ethyl adjacent to an activating group) is 1. The maximum Gasteiger partial charge on any atom is 0.275 e. The van der Waals surface area contributed by atoms with E-state index in [0.717, 1.165) is 13.1 Å². The van der Waals surface area contributed by atoms with Crippen molar-refractivity contribution in [3.63, 3.8) is 0 Å². The van der Waals surface area contributed by atoms with Crippen molar-refractivity contribution in [3.8, 4) is 0 Å². The number of rotatable bonds is 5. The largest absolute Gasteiger partial charge is 0.347 e. The Hall–Kier alpha value is -2.26. The van der Waals surface area contributed by atoms with Crippen molar-refractivity contribution in [1.82, 2.24) is 15.1 Å². The van der Waals surface area contributed by atoms with E-state index in [-0.39, 0.29) is 34.7 Å². The Balaban J connectivity index is 1.76. The van der Waals surface area contributed by atoms with Crippen LogP contribution in [0, 0.1) is 5.82 Å². The summed E-state index contributed by atoms with van der Waals surface area (Å²) in [5, 5.41) is 6.08. The Morgan fingerprint density at radius 1 is 1.24 bits per heavy atom. The van der Waals surface area contributed by atoms with Gasteiger partial charge in [-0.2, -0.15) is 0 Å². The van der Waals surface area contributed by atoms with Gasteiger partial charge in [-0.1, -0.05) is 12.1 Å². The quantitative estimate of drug-likeness (QED) is 0.585. The third-order valence-corrected chi connectivity index (χ3v) is 5.00. The fourth-order valence-corrected chi connectivity index (χ4v) is 3.26. The van der Waals surface area contributed by atoms with Crippen LogP contribution in [-0.2, 0) is 9.59 Å². The minimum atomic E-state index is -0.399. The molecule has 0 saturated carbocycles.